The summed E-state index contributed by atoms with van der Waals surface area (Å²) in [5, 5.41) is 3.09. The molecule has 0 aliphatic rings. The van der Waals surface area contributed by atoms with E-state index in [1.807, 2.05) is 38.1 Å². The van der Waals surface area contributed by atoms with Crippen LogP contribution < -0.4 is 15.8 Å². The van der Waals surface area contributed by atoms with Crippen molar-refractivity contribution >= 4 is 18.3 Å². The topological polar surface area (TPSA) is 64.4 Å². The lowest BCUT2D eigenvalue weighted by molar-refractivity contribution is -0.131. The van der Waals surface area contributed by atoms with Gasteiger partial charge in [-0.1, -0.05) is 39.8 Å². The van der Waals surface area contributed by atoms with E-state index in [1.54, 1.807) is 7.11 Å². The Kier molecular flexibility index (Phi) is 8.64. The summed E-state index contributed by atoms with van der Waals surface area (Å²) < 4.78 is 5.18. The average molecular weight is 343 g/mol. The fourth-order valence-corrected chi connectivity index (χ4v) is 2.59. The van der Waals surface area contributed by atoms with Crippen LogP contribution in [0, 0.1) is 5.41 Å². The molecule has 0 saturated heterocycles. The van der Waals surface area contributed by atoms with E-state index in [-0.39, 0.29) is 23.7 Å². The molecule has 132 valence electrons. The van der Waals surface area contributed by atoms with E-state index in [2.05, 4.69) is 19.2 Å². The summed E-state index contributed by atoms with van der Waals surface area (Å²) in [5.74, 6) is 0.893. The molecule has 3 N–H and O–H groups in total. The van der Waals surface area contributed by atoms with Gasteiger partial charge in [-0.15, -0.1) is 12.4 Å². The highest BCUT2D eigenvalue weighted by atomic mass is 35.5. The van der Waals surface area contributed by atoms with Crippen molar-refractivity contribution in [2.45, 2.75) is 46.0 Å². The van der Waals surface area contributed by atoms with E-state index in [0.717, 1.165) is 18.6 Å². The summed E-state index contributed by atoms with van der Waals surface area (Å²) in [5.41, 5.74) is 6.41. The Balaban J connectivity index is 0.00000484. The summed E-state index contributed by atoms with van der Waals surface area (Å²) in [6.07, 6.45) is 1.52. The maximum absolute atomic E-state index is 12.5. The molecular formula is C18H31ClN2O2. The summed E-state index contributed by atoms with van der Waals surface area (Å²) in [4.78, 5) is 12.5. The number of benzene rings is 1. The molecule has 0 aliphatic carbocycles. The number of amides is 1. The molecule has 0 unspecified atom stereocenters. The Morgan fingerprint density at radius 3 is 2.09 bits per heavy atom. The first-order valence-electron chi connectivity index (χ1n) is 7.98. The van der Waals surface area contributed by atoms with Gasteiger partial charge in [0.2, 0.25) is 5.91 Å². The highest BCUT2D eigenvalue weighted by Gasteiger charge is 2.34. The lowest BCUT2D eigenvalue weighted by Gasteiger charge is -2.32. The molecule has 4 nitrogen and oxygen atoms in total. The Labute approximate surface area is 146 Å². The molecule has 1 rings (SSSR count). The minimum absolute atomic E-state index is 0. The third-order valence-electron chi connectivity index (χ3n) is 4.79. The number of nitrogens with one attached hydrogen (secondary N) is 1. The molecule has 5 heteroatoms. The van der Waals surface area contributed by atoms with Crippen molar-refractivity contribution in [1.82, 2.24) is 5.32 Å². The molecule has 0 saturated carbocycles. The third kappa shape index (κ3) is 5.11. The molecule has 1 aromatic carbocycles. The van der Waals surface area contributed by atoms with Gasteiger partial charge in [0.15, 0.2) is 0 Å². The van der Waals surface area contributed by atoms with E-state index >= 15 is 0 Å². The Morgan fingerprint density at radius 2 is 1.70 bits per heavy atom. The van der Waals surface area contributed by atoms with Crippen LogP contribution in [0.15, 0.2) is 24.3 Å². The predicted octanol–water partition coefficient (Wildman–Crippen LogP) is 3.28. The van der Waals surface area contributed by atoms with Gasteiger partial charge >= 0.3 is 0 Å². The molecule has 23 heavy (non-hydrogen) atoms. The lowest BCUT2D eigenvalue weighted by Crippen LogP contribution is -2.48. The molecular weight excluding hydrogens is 312 g/mol. The van der Waals surface area contributed by atoms with Crippen LogP contribution in [0.25, 0.3) is 0 Å². The van der Waals surface area contributed by atoms with Crippen molar-refractivity contribution in [1.29, 1.82) is 0 Å². The highest BCUT2D eigenvalue weighted by molar-refractivity contribution is 5.85. The molecule has 0 aliphatic heterocycles. The van der Waals surface area contributed by atoms with Crippen LogP contribution in [0.1, 0.15) is 46.1 Å². The molecule has 0 radical (unpaired) electrons. The summed E-state index contributed by atoms with van der Waals surface area (Å²) in [6, 6.07) is 7.98. The van der Waals surface area contributed by atoms with Gasteiger partial charge in [0.1, 0.15) is 5.75 Å². The van der Waals surface area contributed by atoms with E-state index in [1.165, 1.54) is 5.56 Å². The van der Waals surface area contributed by atoms with E-state index in [4.69, 9.17) is 10.5 Å². The van der Waals surface area contributed by atoms with Crippen LogP contribution in [0.3, 0.4) is 0 Å². The van der Waals surface area contributed by atoms with Gasteiger partial charge in [0.05, 0.1) is 12.5 Å². The number of nitrogens with two attached hydrogens (primary N) is 1. The second-order valence-corrected chi connectivity index (χ2v) is 6.49. The third-order valence-corrected chi connectivity index (χ3v) is 4.79. The zero-order chi connectivity index (χ0) is 16.8. The van der Waals surface area contributed by atoms with E-state index < -0.39 is 5.41 Å². The van der Waals surface area contributed by atoms with Crippen molar-refractivity contribution in [2.75, 3.05) is 20.2 Å². The monoisotopic (exact) mass is 342 g/mol. The van der Waals surface area contributed by atoms with Crippen LogP contribution in [0.2, 0.25) is 0 Å². The molecule has 0 aromatic heterocycles. The molecule has 0 heterocycles. The number of rotatable bonds is 8. The first kappa shape index (κ1) is 21.7. The lowest BCUT2D eigenvalue weighted by atomic mass is 9.80. The molecule has 1 aromatic rings. The van der Waals surface area contributed by atoms with Crippen LogP contribution in [-0.2, 0) is 10.2 Å². The number of ether oxygens (including phenoxy) is 1. The zero-order valence-corrected chi connectivity index (χ0v) is 15.8. The van der Waals surface area contributed by atoms with Gasteiger partial charge in [0, 0.05) is 18.5 Å². The van der Waals surface area contributed by atoms with Crippen molar-refractivity contribution in [3.05, 3.63) is 29.8 Å². The van der Waals surface area contributed by atoms with Gasteiger partial charge in [0.25, 0.3) is 0 Å². The largest absolute Gasteiger partial charge is 0.497 e. The second-order valence-electron chi connectivity index (χ2n) is 6.49. The van der Waals surface area contributed by atoms with Crippen molar-refractivity contribution in [2.24, 2.45) is 11.1 Å². The van der Waals surface area contributed by atoms with Crippen LogP contribution in [0.5, 0.6) is 5.75 Å². The highest BCUT2D eigenvalue weighted by Crippen LogP contribution is 2.27. The van der Waals surface area contributed by atoms with E-state index in [0.29, 0.717) is 13.1 Å². The molecule has 0 atom stereocenters. The van der Waals surface area contributed by atoms with Crippen LogP contribution in [0.4, 0.5) is 0 Å². The van der Waals surface area contributed by atoms with E-state index in [9.17, 15) is 4.79 Å². The number of carbonyl (C=O) groups is 1. The van der Waals surface area contributed by atoms with Crippen molar-refractivity contribution < 1.29 is 9.53 Å². The summed E-state index contributed by atoms with van der Waals surface area (Å²) in [6.45, 7) is 9.25. The quantitative estimate of drug-likeness (QED) is 0.762. The number of carbonyl (C=O) groups excluding carboxylic acids is 1. The van der Waals surface area contributed by atoms with Gasteiger partial charge < -0.3 is 15.8 Å². The number of hydrogen-bond acceptors (Lipinski definition) is 3. The minimum atomic E-state index is -0.448. The van der Waals surface area contributed by atoms with Gasteiger partial charge in [-0.2, -0.15) is 0 Å². The standard InChI is InChI=1S/C18H30N2O2.ClH/c1-6-18(7-2,12-19)16(21)20-13-17(3,4)14-8-10-15(22-5)11-9-14;/h8-11H,6-7,12-13,19H2,1-5H3,(H,20,21);1H. The van der Waals surface area contributed by atoms with Gasteiger partial charge in [-0.3, -0.25) is 4.79 Å². The first-order chi connectivity index (χ1) is 10.3. The SMILES string of the molecule is CCC(CC)(CN)C(=O)NCC(C)(C)c1ccc(OC)cc1.Cl. The fourth-order valence-electron chi connectivity index (χ4n) is 2.59. The predicted molar refractivity (Wildman–Crippen MR) is 98.3 cm³/mol. The molecule has 1 amide bonds. The van der Waals surface area contributed by atoms with Gasteiger partial charge in [-0.25, -0.2) is 0 Å². The summed E-state index contributed by atoms with van der Waals surface area (Å²) in [7, 11) is 1.66. The Hall–Kier alpha value is -1.26. The number of halogens is 1. The normalized spacial score (nSPS) is 11.6. The zero-order valence-electron chi connectivity index (χ0n) is 14.9. The first-order valence-corrected chi connectivity index (χ1v) is 7.98. The second kappa shape index (κ2) is 9.14. The molecule has 0 fully saturated rings. The van der Waals surface area contributed by atoms with Crippen LogP contribution >= 0.6 is 12.4 Å². The smallest absolute Gasteiger partial charge is 0.227 e. The van der Waals surface area contributed by atoms with Crippen LogP contribution in [-0.4, -0.2) is 26.1 Å². The average Bonchev–Trinajstić information content (AvgIpc) is 2.55. The maximum Gasteiger partial charge on any atom is 0.227 e. The number of methoxy groups -OCH3 is 1. The van der Waals surface area contributed by atoms with Gasteiger partial charge in [-0.05, 0) is 30.5 Å². The Morgan fingerprint density at radius 1 is 1.17 bits per heavy atom. The maximum atomic E-state index is 12.5. The Bertz CT molecular complexity index is 474. The van der Waals surface area contributed by atoms with Crippen molar-refractivity contribution in [3.8, 4) is 5.75 Å². The fraction of sp³-hybridized carbons (Fsp3) is 0.611. The molecule has 0 spiro atoms. The molecule has 0 bridgehead atoms. The van der Waals surface area contributed by atoms with Crippen molar-refractivity contribution in [3.63, 3.8) is 0 Å². The number of hydrogen-bond donors (Lipinski definition) is 2. The minimum Gasteiger partial charge on any atom is -0.497 e. The summed E-state index contributed by atoms with van der Waals surface area (Å²) >= 11 is 0.